The van der Waals surface area contributed by atoms with E-state index in [1.54, 1.807) is 11.3 Å². The van der Waals surface area contributed by atoms with Crippen molar-refractivity contribution in [2.45, 2.75) is 25.2 Å². The number of likely N-dealkylation sites (N-methyl/N-ethyl adjacent to an activating group) is 1. The molecule has 1 saturated carbocycles. The number of rotatable bonds is 5. The van der Waals surface area contributed by atoms with Gasteiger partial charge in [-0.3, -0.25) is 5.10 Å². The summed E-state index contributed by atoms with van der Waals surface area (Å²) in [5, 5.41) is 8.44. The molecule has 0 bridgehead atoms. The van der Waals surface area contributed by atoms with Gasteiger partial charge in [0.15, 0.2) is 10.6 Å². The Morgan fingerprint density at radius 2 is 2.20 bits per heavy atom. The third-order valence-electron chi connectivity index (χ3n) is 3.52. The molecular weight excluding hydrogens is 290 g/mol. The molecule has 2 heterocycles. The molecule has 108 valence electrons. The molecule has 1 aliphatic rings. The highest BCUT2D eigenvalue weighted by Gasteiger charge is 2.31. The van der Waals surface area contributed by atoms with E-state index in [9.17, 15) is 0 Å². The fraction of sp³-hybridized carbons (Fsp3) is 0.615. The van der Waals surface area contributed by atoms with Crippen LogP contribution in [0.25, 0.3) is 10.7 Å². The fourth-order valence-corrected chi connectivity index (χ4v) is 3.44. The van der Waals surface area contributed by atoms with Gasteiger partial charge in [0, 0.05) is 25.9 Å². The van der Waals surface area contributed by atoms with E-state index in [2.05, 4.69) is 29.2 Å². The Hall–Kier alpha value is -1.05. The monoisotopic (exact) mass is 309 g/mol. The normalized spacial score (nSPS) is 15.2. The molecule has 1 N–H and O–H groups in total. The quantitative estimate of drug-likeness (QED) is 0.863. The van der Waals surface area contributed by atoms with Crippen molar-refractivity contribution in [1.29, 1.82) is 0 Å². The van der Waals surface area contributed by atoms with Crippen LogP contribution in [0.2, 0.25) is 0 Å². The van der Waals surface area contributed by atoms with Gasteiger partial charge in [0.25, 0.3) is 0 Å². The zero-order valence-electron chi connectivity index (χ0n) is 12.0. The van der Waals surface area contributed by atoms with Gasteiger partial charge >= 0.3 is 0 Å². The summed E-state index contributed by atoms with van der Waals surface area (Å²) in [6.45, 7) is 1.02. The van der Waals surface area contributed by atoms with Gasteiger partial charge in [-0.25, -0.2) is 4.98 Å². The summed E-state index contributed by atoms with van der Waals surface area (Å²) in [7, 11) is 6.14. The summed E-state index contributed by atoms with van der Waals surface area (Å²) < 4.78 is 2.59. The highest BCUT2D eigenvalue weighted by molar-refractivity contribution is 7.71. The second kappa shape index (κ2) is 5.38. The summed E-state index contributed by atoms with van der Waals surface area (Å²) in [4.78, 5) is 8.24. The average molecular weight is 309 g/mol. The minimum Gasteiger partial charge on any atom is -0.309 e. The van der Waals surface area contributed by atoms with Crippen LogP contribution in [0.15, 0.2) is 0 Å². The Morgan fingerprint density at radius 3 is 2.75 bits per heavy atom. The molecule has 0 radical (unpaired) electrons. The second-order valence-corrected chi connectivity index (χ2v) is 7.03. The lowest BCUT2D eigenvalue weighted by Gasteiger charge is -2.06. The fourth-order valence-electron chi connectivity index (χ4n) is 2.15. The molecule has 7 heteroatoms. The Bertz CT molecular complexity index is 663. The molecule has 1 fully saturated rings. The number of hydrogen-bond donors (Lipinski definition) is 1. The molecule has 0 spiro atoms. The van der Waals surface area contributed by atoms with Crippen LogP contribution >= 0.6 is 23.6 Å². The molecule has 20 heavy (non-hydrogen) atoms. The van der Waals surface area contributed by atoms with E-state index >= 15 is 0 Å². The van der Waals surface area contributed by atoms with E-state index in [0.29, 0.717) is 10.7 Å². The predicted octanol–water partition coefficient (Wildman–Crippen LogP) is 2.58. The maximum Gasteiger partial charge on any atom is 0.195 e. The molecule has 0 aromatic carbocycles. The van der Waals surface area contributed by atoms with Crippen molar-refractivity contribution in [3.63, 3.8) is 0 Å². The summed E-state index contributed by atoms with van der Waals surface area (Å²) in [6.07, 6.45) is 3.49. The molecule has 0 amide bonds. The molecule has 3 rings (SSSR count). The lowest BCUT2D eigenvalue weighted by atomic mass is 10.2. The van der Waals surface area contributed by atoms with Crippen LogP contribution in [0.5, 0.6) is 0 Å². The summed E-state index contributed by atoms with van der Waals surface area (Å²) in [6, 6.07) is 0. The minimum absolute atomic E-state index is 0.625. The van der Waals surface area contributed by atoms with Crippen molar-refractivity contribution in [1.82, 2.24) is 24.6 Å². The smallest absolute Gasteiger partial charge is 0.195 e. The highest BCUT2D eigenvalue weighted by atomic mass is 32.1. The first-order valence-electron chi connectivity index (χ1n) is 6.82. The molecule has 2 aromatic rings. The zero-order valence-corrected chi connectivity index (χ0v) is 13.6. The molecule has 0 aliphatic heterocycles. The number of nitrogens with zero attached hydrogens (tertiary/aromatic N) is 4. The van der Waals surface area contributed by atoms with Gasteiger partial charge in [0.05, 0.1) is 15.6 Å². The van der Waals surface area contributed by atoms with Gasteiger partial charge in [-0.05, 0) is 39.2 Å². The summed E-state index contributed by atoms with van der Waals surface area (Å²) in [5.41, 5.74) is 1.22. The number of aromatic nitrogens is 4. The largest absolute Gasteiger partial charge is 0.309 e. The van der Waals surface area contributed by atoms with Gasteiger partial charge in [-0.1, -0.05) is 0 Å². The number of hydrogen-bond acceptors (Lipinski definition) is 5. The second-order valence-electron chi connectivity index (χ2n) is 5.56. The van der Waals surface area contributed by atoms with E-state index in [1.165, 1.54) is 28.4 Å². The van der Waals surface area contributed by atoms with E-state index in [4.69, 9.17) is 17.2 Å². The van der Waals surface area contributed by atoms with Gasteiger partial charge in [0.2, 0.25) is 0 Å². The number of nitrogens with one attached hydrogen (secondary N) is 1. The average Bonchev–Trinajstić information content (AvgIpc) is 3.09. The predicted molar refractivity (Wildman–Crippen MR) is 83.7 cm³/mol. The van der Waals surface area contributed by atoms with E-state index in [0.717, 1.165) is 18.8 Å². The topological polar surface area (TPSA) is 49.7 Å². The Labute approximate surface area is 127 Å². The SMILES string of the molecule is CN(C)CCc1nc(C2CC2)c(-c2n[nH]c(=S)n2C)s1. The molecular formula is C13H19N5S2. The molecule has 2 aromatic heterocycles. The van der Waals surface area contributed by atoms with Crippen LogP contribution in [0.4, 0.5) is 0 Å². The highest BCUT2D eigenvalue weighted by Crippen LogP contribution is 2.45. The maximum absolute atomic E-state index is 5.21. The molecule has 0 saturated heterocycles. The summed E-state index contributed by atoms with van der Waals surface area (Å²) >= 11 is 6.98. The lowest BCUT2D eigenvalue weighted by Crippen LogP contribution is -2.14. The van der Waals surface area contributed by atoms with Crippen LogP contribution in [0.3, 0.4) is 0 Å². The van der Waals surface area contributed by atoms with Crippen molar-refractivity contribution < 1.29 is 0 Å². The Kier molecular flexibility index (Phi) is 3.74. The van der Waals surface area contributed by atoms with Crippen LogP contribution in [0.1, 0.15) is 29.5 Å². The summed E-state index contributed by atoms with van der Waals surface area (Å²) in [5.74, 6) is 1.55. The third kappa shape index (κ3) is 2.70. The van der Waals surface area contributed by atoms with Crippen LogP contribution in [0, 0.1) is 4.77 Å². The van der Waals surface area contributed by atoms with Crippen molar-refractivity contribution >= 4 is 23.6 Å². The van der Waals surface area contributed by atoms with E-state index < -0.39 is 0 Å². The van der Waals surface area contributed by atoms with E-state index in [1.807, 2.05) is 11.6 Å². The first-order valence-corrected chi connectivity index (χ1v) is 8.05. The number of thiazole rings is 1. The molecule has 1 aliphatic carbocycles. The number of H-pyrrole nitrogens is 1. The first kappa shape index (κ1) is 13.9. The van der Waals surface area contributed by atoms with Crippen molar-refractivity contribution in [2.75, 3.05) is 20.6 Å². The van der Waals surface area contributed by atoms with Gasteiger partial charge in [-0.2, -0.15) is 5.10 Å². The molecule has 5 nitrogen and oxygen atoms in total. The first-order chi connectivity index (χ1) is 9.56. The molecule has 0 atom stereocenters. The van der Waals surface area contributed by atoms with Crippen molar-refractivity contribution in [3.8, 4) is 10.7 Å². The Morgan fingerprint density at radius 1 is 1.45 bits per heavy atom. The van der Waals surface area contributed by atoms with Gasteiger partial charge < -0.3 is 9.47 Å². The van der Waals surface area contributed by atoms with E-state index in [-0.39, 0.29) is 0 Å². The molecule has 0 unspecified atom stereocenters. The maximum atomic E-state index is 5.21. The Balaban J connectivity index is 1.96. The minimum atomic E-state index is 0.625. The number of aromatic amines is 1. The van der Waals surface area contributed by atoms with Crippen LogP contribution in [-0.2, 0) is 13.5 Å². The third-order valence-corrected chi connectivity index (χ3v) is 5.01. The van der Waals surface area contributed by atoms with Crippen molar-refractivity contribution in [3.05, 3.63) is 15.5 Å². The standard InChI is InChI=1S/C13H19N5S2/c1-17(2)7-6-9-14-10(8-4-5-8)11(20-9)12-15-16-13(19)18(12)3/h8H,4-7H2,1-3H3,(H,16,19). The van der Waals surface area contributed by atoms with Crippen molar-refractivity contribution in [2.24, 2.45) is 7.05 Å². The zero-order chi connectivity index (χ0) is 14.3. The van der Waals surface area contributed by atoms with Gasteiger partial charge in [-0.15, -0.1) is 11.3 Å². The van der Waals surface area contributed by atoms with Gasteiger partial charge in [0.1, 0.15) is 0 Å². The lowest BCUT2D eigenvalue weighted by molar-refractivity contribution is 0.413. The van der Waals surface area contributed by atoms with Crippen LogP contribution < -0.4 is 0 Å². The van der Waals surface area contributed by atoms with Crippen LogP contribution in [-0.4, -0.2) is 45.3 Å².